The van der Waals surface area contributed by atoms with E-state index in [4.69, 9.17) is 5.73 Å². The van der Waals surface area contributed by atoms with E-state index < -0.39 is 0 Å². The molecule has 1 aromatic carbocycles. The predicted octanol–water partition coefficient (Wildman–Crippen LogP) is 2.33. The smallest absolute Gasteiger partial charge is 0.164 e. The van der Waals surface area contributed by atoms with E-state index in [-0.39, 0.29) is 5.78 Å². The Hall–Kier alpha value is -1.35. The number of nitrogen functional groups attached to an aromatic ring is 1. The topological polar surface area (TPSA) is 46.3 Å². The van der Waals surface area contributed by atoms with Gasteiger partial charge < -0.3 is 10.6 Å². The highest BCUT2D eigenvalue weighted by Crippen LogP contribution is 2.12. The van der Waals surface area contributed by atoms with Crippen molar-refractivity contribution in [3.63, 3.8) is 0 Å². The molecule has 3 nitrogen and oxygen atoms in total. The number of rotatable bonds is 4. The molecule has 0 atom stereocenters. The van der Waals surface area contributed by atoms with Crippen LogP contribution >= 0.6 is 0 Å². The van der Waals surface area contributed by atoms with E-state index in [2.05, 4.69) is 4.90 Å². The lowest BCUT2D eigenvalue weighted by atomic mass is 10.1. The molecule has 0 amide bonds. The fourth-order valence-corrected chi connectivity index (χ4v) is 2.30. The molecule has 2 rings (SSSR count). The zero-order chi connectivity index (χ0) is 12.1. The Morgan fingerprint density at radius 3 is 2.71 bits per heavy atom. The number of hydrogen-bond donors (Lipinski definition) is 1. The monoisotopic (exact) mass is 232 g/mol. The molecule has 1 heterocycles. The minimum atomic E-state index is 0.197. The number of carbonyl (C=O) groups is 1. The van der Waals surface area contributed by atoms with Gasteiger partial charge >= 0.3 is 0 Å². The Labute approximate surface area is 103 Å². The van der Waals surface area contributed by atoms with Gasteiger partial charge in [0.25, 0.3) is 0 Å². The van der Waals surface area contributed by atoms with Gasteiger partial charge in [-0.3, -0.25) is 4.79 Å². The van der Waals surface area contributed by atoms with Crippen LogP contribution in [-0.2, 0) is 0 Å². The SMILES string of the molecule is Nc1cccc(C(=O)CCN2CCCCC2)c1. The van der Waals surface area contributed by atoms with Crippen molar-refractivity contribution in [2.24, 2.45) is 0 Å². The summed E-state index contributed by atoms with van der Waals surface area (Å²) in [6.07, 6.45) is 4.47. The Kier molecular flexibility index (Phi) is 4.15. The maximum absolute atomic E-state index is 12.0. The summed E-state index contributed by atoms with van der Waals surface area (Å²) >= 11 is 0. The second kappa shape index (κ2) is 5.82. The molecule has 0 unspecified atom stereocenters. The molecular weight excluding hydrogens is 212 g/mol. The minimum absolute atomic E-state index is 0.197. The van der Waals surface area contributed by atoms with Gasteiger partial charge in [-0.1, -0.05) is 18.6 Å². The van der Waals surface area contributed by atoms with Crippen molar-refractivity contribution in [1.82, 2.24) is 4.90 Å². The number of anilines is 1. The number of hydrogen-bond acceptors (Lipinski definition) is 3. The normalized spacial score (nSPS) is 16.9. The molecule has 0 aliphatic carbocycles. The largest absolute Gasteiger partial charge is 0.399 e. The summed E-state index contributed by atoms with van der Waals surface area (Å²) in [5.74, 6) is 0.197. The van der Waals surface area contributed by atoms with Gasteiger partial charge in [-0.15, -0.1) is 0 Å². The molecule has 1 fully saturated rings. The Bertz CT molecular complexity index is 384. The molecule has 0 radical (unpaired) electrons. The van der Waals surface area contributed by atoms with E-state index in [1.807, 2.05) is 12.1 Å². The van der Waals surface area contributed by atoms with E-state index in [1.165, 1.54) is 19.3 Å². The van der Waals surface area contributed by atoms with Crippen molar-refractivity contribution < 1.29 is 4.79 Å². The van der Waals surface area contributed by atoms with Crippen LogP contribution in [0.3, 0.4) is 0 Å². The second-order valence-electron chi connectivity index (χ2n) is 4.70. The Morgan fingerprint density at radius 2 is 2.00 bits per heavy atom. The molecule has 2 N–H and O–H groups in total. The number of benzene rings is 1. The van der Waals surface area contributed by atoms with Crippen LogP contribution in [0, 0.1) is 0 Å². The van der Waals surface area contributed by atoms with Gasteiger partial charge in [0.05, 0.1) is 0 Å². The van der Waals surface area contributed by atoms with Crippen LogP contribution in [0.2, 0.25) is 0 Å². The van der Waals surface area contributed by atoms with Gasteiger partial charge in [-0.25, -0.2) is 0 Å². The quantitative estimate of drug-likeness (QED) is 0.640. The third kappa shape index (κ3) is 3.56. The van der Waals surface area contributed by atoms with Gasteiger partial charge in [0, 0.05) is 24.2 Å². The molecule has 1 aliphatic heterocycles. The summed E-state index contributed by atoms with van der Waals surface area (Å²) in [6.45, 7) is 3.17. The fraction of sp³-hybridized carbons (Fsp3) is 0.500. The van der Waals surface area contributed by atoms with Crippen LogP contribution in [0.1, 0.15) is 36.0 Å². The lowest BCUT2D eigenvalue weighted by Gasteiger charge is -2.25. The minimum Gasteiger partial charge on any atom is -0.399 e. The van der Waals surface area contributed by atoms with Gasteiger partial charge in [-0.05, 0) is 38.1 Å². The number of carbonyl (C=O) groups excluding carboxylic acids is 1. The molecule has 0 saturated carbocycles. The van der Waals surface area contributed by atoms with Crippen LogP contribution in [0.15, 0.2) is 24.3 Å². The molecular formula is C14H20N2O. The third-order valence-electron chi connectivity index (χ3n) is 3.31. The van der Waals surface area contributed by atoms with Crippen LogP contribution in [0.5, 0.6) is 0 Å². The zero-order valence-electron chi connectivity index (χ0n) is 10.2. The van der Waals surface area contributed by atoms with Gasteiger partial charge in [0.15, 0.2) is 5.78 Å². The lowest BCUT2D eigenvalue weighted by Crippen LogP contribution is -2.31. The van der Waals surface area contributed by atoms with E-state index >= 15 is 0 Å². The van der Waals surface area contributed by atoms with Gasteiger partial charge in [-0.2, -0.15) is 0 Å². The second-order valence-corrected chi connectivity index (χ2v) is 4.70. The number of ketones is 1. The van der Waals surface area contributed by atoms with Crippen LogP contribution < -0.4 is 5.73 Å². The predicted molar refractivity (Wildman–Crippen MR) is 70.1 cm³/mol. The number of Topliss-reactive ketones (excluding diaryl/α,β-unsaturated/α-hetero) is 1. The molecule has 92 valence electrons. The molecule has 1 aliphatic rings. The average molecular weight is 232 g/mol. The van der Waals surface area contributed by atoms with E-state index in [0.29, 0.717) is 12.1 Å². The van der Waals surface area contributed by atoms with Gasteiger partial charge in [0.1, 0.15) is 0 Å². The number of nitrogens with two attached hydrogens (primary N) is 1. The maximum Gasteiger partial charge on any atom is 0.164 e. The van der Waals surface area contributed by atoms with Crippen molar-refractivity contribution in [2.45, 2.75) is 25.7 Å². The third-order valence-corrected chi connectivity index (χ3v) is 3.31. The Balaban J connectivity index is 1.84. The van der Waals surface area contributed by atoms with Crippen molar-refractivity contribution in [3.8, 4) is 0 Å². The molecule has 17 heavy (non-hydrogen) atoms. The lowest BCUT2D eigenvalue weighted by molar-refractivity contribution is 0.0958. The van der Waals surface area contributed by atoms with Crippen molar-refractivity contribution in [3.05, 3.63) is 29.8 Å². The highest BCUT2D eigenvalue weighted by atomic mass is 16.1. The number of piperidine rings is 1. The fourth-order valence-electron chi connectivity index (χ4n) is 2.30. The van der Waals surface area contributed by atoms with Crippen LogP contribution in [0.25, 0.3) is 0 Å². The number of nitrogens with zero attached hydrogens (tertiary/aromatic N) is 1. The van der Waals surface area contributed by atoms with Crippen molar-refractivity contribution >= 4 is 11.5 Å². The highest BCUT2D eigenvalue weighted by Gasteiger charge is 2.12. The highest BCUT2D eigenvalue weighted by molar-refractivity contribution is 5.96. The Morgan fingerprint density at radius 1 is 1.24 bits per heavy atom. The van der Waals surface area contributed by atoms with E-state index in [0.717, 1.165) is 25.2 Å². The first-order chi connectivity index (χ1) is 8.25. The molecule has 3 heteroatoms. The van der Waals surface area contributed by atoms with E-state index in [1.54, 1.807) is 12.1 Å². The summed E-state index contributed by atoms with van der Waals surface area (Å²) in [7, 11) is 0. The maximum atomic E-state index is 12.0. The van der Waals surface area contributed by atoms with Gasteiger partial charge in [0.2, 0.25) is 0 Å². The van der Waals surface area contributed by atoms with Crippen LogP contribution in [0.4, 0.5) is 5.69 Å². The first kappa shape index (κ1) is 12.1. The average Bonchev–Trinajstić information content (AvgIpc) is 2.37. The summed E-state index contributed by atoms with van der Waals surface area (Å²) in [6, 6.07) is 7.25. The standard InChI is InChI=1S/C14H20N2O/c15-13-6-4-5-12(11-13)14(17)7-10-16-8-2-1-3-9-16/h4-6,11H,1-3,7-10,15H2. The molecule has 0 spiro atoms. The summed E-state index contributed by atoms with van der Waals surface area (Å²) < 4.78 is 0. The van der Waals surface area contributed by atoms with Crippen molar-refractivity contribution in [1.29, 1.82) is 0 Å². The molecule has 0 bridgehead atoms. The van der Waals surface area contributed by atoms with Crippen molar-refractivity contribution in [2.75, 3.05) is 25.4 Å². The van der Waals surface area contributed by atoms with Crippen LogP contribution in [-0.4, -0.2) is 30.3 Å². The zero-order valence-corrected chi connectivity index (χ0v) is 10.2. The molecule has 1 saturated heterocycles. The number of likely N-dealkylation sites (tertiary alicyclic amines) is 1. The molecule has 0 aromatic heterocycles. The summed E-state index contributed by atoms with van der Waals surface area (Å²) in [5.41, 5.74) is 7.07. The molecule has 1 aromatic rings. The summed E-state index contributed by atoms with van der Waals surface area (Å²) in [5, 5.41) is 0. The van der Waals surface area contributed by atoms with E-state index in [9.17, 15) is 4.79 Å². The first-order valence-corrected chi connectivity index (χ1v) is 6.37. The summed E-state index contributed by atoms with van der Waals surface area (Å²) in [4.78, 5) is 14.3. The first-order valence-electron chi connectivity index (χ1n) is 6.37.